The van der Waals surface area contributed by atoms with Gasteiger partial charge in [-0.05, 0) is 17.2 Å². The van der Waals surface area contributed by atoms with E-state index >= 15 is 0 Å². The Morgan fingerprint density at radius 1 is 1.42 bits per heavy atom. The Balaban J connectivity index is 1.71. The number of carbonyl (C=O) groups excluding carboxylic acids is 1. The van der Waals surface area contributed by atoms with E-state index in [9.17, 15) is 9.18 Å². The first-order valence-electron chi connectivity index (χ1n) is 7.73. The summed E-state index contributed by atoms with van der Waals surface area (Å²) in [6, 6.07) is 7.12. The van der Waals surface area contributed by atoms with Crippen LogP contribution < -0.4 is 0 Å². The van der Waals surface area contributed by atoms with Gasteiger partial charge >= 0.3 is 0 Å². The number of hydrogen-bond acceptors (Lipinski definition) is 4. The molecule has 1 saturated heterocycles. The smallest absolute Gasteiger partial charge is 0.246 e. The Hall–Kier alpha value is -2.54. The summed E-state index contributed by atoms with van der Waals surface area (Å²) >= 11 is 0. The zero-order valence-corrected chi connectivity index (χ0v) is 13.2. The quantitative estimate of drug-likeness (QED) is 0.759. The molecule has 0 N–H and O–H groups in total. The number of likely N-dealkylation sites (tertiary alicyclic amines) is 1. The average Bonchev–Trinajstić information content (AvgIpc) is 3.28. The molecule has 1 aromatic carbocycles. The Morgan fingerprint density at radius 2 is 2.25 bits per heavy atom. The second kappa shape index (κ2) is 7.35. The topological polar surface area (TPSA) is 60.2 Å². The molecule has 0 bridgehead atoms. The molecule has 6 nitrogen and oxygen atoms in total. The Kier molecular flexibility index (Phi) is 5.00. The molecule has 3 rings (SSSR count). The van der Waals surface area contributed by atoms with Gasteiger partial charge in [0.05, 0.1) is 24.9 Å². The minimum atomic E-state index is -0.500. The van der Waals surface area contributed by atoms with Gasteiger partial charge in [0.1, 0.15) is 6.67 Å². The van der Waals surface area contributed by atoms with Crippen molar-refractivity contribution in [2.45, 2.75) is 25.4 Å². The summed E-state index contributed by atoms with van der Waals surface area (Å²) in [6.07, 6.45) is 4.43. The lowest BCUT2D eigenvalue weighted by Crippen LogP contribution is -2.28. The molecular weight excluding hydrogens is 311 g/mol. The van der Waals surface area contributed by atoms with E-state index in [-0.39, 0.29) is 18.1 Å². The molecule has 1 aromatic heterocycles. The van der Waals surface area contributed by atoms with Gasteiger partial charge in [0.25, 0.3) is 0 Å². The third-order valence-corrected chi connectivity index (χ3v) is 4.11. The number of amides is 1. The van der Waals surface area contributed by atoms with Crippen molar-refractivity contribution in [1.29, 1.82) is 0 Å². The molecule has 1 amide bonds. The van der Waals surface area contributed by atoms with Crippen LogP contribution in [-0.4, -0.2) is 45.0 Å². The second-order valence-corrected chi connectivity index (χ2v) is 5.70. The lowest BCUT2D eigenvalue weighted by molar-refractivity contribution is -0.125. The van der Waals surface area contributed by atoms with Crippen molar-refractivity contribution in [3.63, 3.8) is 0 Å². The highest BCUT2D eigenvalue weighted by molar-refractivity contribution is 5.87. The molecule has 1 aliphatic rings. The summed E-state index contributed by atoms with van der Waals surface area (Å²) in [4.78, 5) is 13.6. The van der Waals surface area contributed by atoms with Gasteiger partial charge in [-0.1, -0.05) is 36.1 Å². The monoisotopic (exact) mass is 330 g/mol. The highest BCUT2D eigenvalue weighted by atomic mass is 19.1. The summed E-state index contributed by atoms with van der Waals surface area (Å²) < 4.78 is 20.5. The summed E-state index contributed by atoms with van der Waals surface area (Å²) in [5.74, 6) is -0.134. The van der Waals surface area contributed by atoms with Gasteiger partial charge in [-0.2, -0.15) is 0 Å². The zero-order valence-electron chi connectivity index (χ0n) is 13.2. The number of halogens is 1. The third-order valence-electron chi connectivity index (χ3n) is 4.11. The van der Waals surface area contributed by atoms with E-state index in [4.69, 9.17) is 4.74 Å². The molecule has 0 radical (unpaired) electrons. The maximum Gasteiger partial charge on any atom is 0.246 e. The predicted octanol–water partition coefficient (Wildman–Crippen LogP) is 1.90. The van der Waals surface area contributed by atoms with E-state index in [0.29, 0.717) is 25.3 Å². The van der Waals surface area contributed by atoms with Gasteiger partial charge < -0.3 is 9.64 Å². The number of carbonyl (C=O) groups is 1. The number of nitrogens with zero attached hydrogens (tertiary/aromatic N) is 4. The van der Waals surface area contributed by atoms with Crippen LogP contribution in [0.1, 0.15) is 17.2 Å². The fourth-order valence-electron chi connectivity index (χ4n) is 2.88. The van der Waals surface area contributed by atoms with E-state index in [0.717, 1.165) is 5.56 Å². The van der Waals surface area contributed by atoms with Gasteiger partial charge in [-0.15, -0.1) is 5.10 Å². The molecule has 0 spiro atoms. The molecule has 1 fully saturated rings. The van der Waals surface area contributed by atoms with Crippen molar-refractivity contribution in [3.05, 3.63) is 60.4 Å². The highest BCUT2D eigenvalue weighted by Gasteiger charge is 2.37. The van der Waals surface area contributed by atoms with Crippen molar-refractivity contribution < 1.29 is 13.9 Å². The first-order valence-corrected chi connectivity index (χ1v) is 7.73. The van der Waals surface area contributed by atoms with Crippen LogP contribution in [0.4, 0.5) is 4.39 Å². The van der Waals surface area contributed by atoms with Crippen LogP contribution in [0.25, 0.3) is 0 Å². The Bertz CT molecular complexity index is 704. The fourth-order valence-corrected chi connectivity index (χ4v) is 2.88. The van der Waals surface area contributed by atoms with Gasteiger partial charge in [0.15, 0.2) is 0 Å². The number of benzene rings is 1. The van der Waals surface area contributed by atoms with Crippen molar-refractivity contribution in [2.24, 2.45) is 0 Å². The summed E-state index contributed by atoms with van der Waals surface area (Å²) in [7, 11) is 0. The van der Waals surface area contributed by atoms with Crippen LogP contribution in [-0.2, 0) is 22.8 Å². The minimum absolute atomic E-state index is 0.110. The van der Waals surface area contributed by atoms with Gasteiger partial charge in [-0.25, -0.2) is 9.07 Å². The molecule has 0 aliphatic carbocycles. The number of alkyl halides is 1. The number of ether oxygens (including phenoxy) is 1. The predicted molar refractivity (Wildman–Crippen MR) is 85.7 cm³/mol. The number of aromatic nitrogens is 3. The molecule has 2 heterocycles. The van der Waals surface area contributed by atoms with Crippen LogP contribution >= 0.6 is 0 Å². The first kappa shape index (κ1) is 16.3. The lowest BCUT2D eigenvalue weighted by Gasteiger charge is -2.18. The Morgan fingerprint density at radius 3 is 2.96 bits per heavy atom. The summed E-state index contributed by atoms with van der Waals surface area (Å²) in [5, 5.41) is 7.85. The van der Waals surface area contributed by atoms with Crippen LogP contribution in [0.15, 0.2) is 49.3 Å². The second-order valence-electron chi connectivity index (χ2n) is 5.70. The van der Waals surface area contributed by atoms with Crippen LogP contribution in [0, 0.1) is 0 Å². The van der Waals surface area contributed by atoms with E-state index < -0.39 is 6.67 Å². The molecule has 2 aromatic rings. The summed E-state index contributed by atoms with van der Waals surface area (Å²) in [5.41, 5.74) is 1.52. The normalized spacial score (nSPS) is 20.3. The number of rotatable bonds is 6. The van der Waals surface area contributed by atoms with E-state index in [1.54, 1.807) is 34.1 Å². The molecule has 1 aliphatic heterocycles. The van der Waals surface area contributed by atoms with Crippen molar-refractivity contribution in [3.8, 4) is 0 Å². The highest BCUT2D eigenvalue weighted by Crippen LogP contribution is 2.25. The maximum absolute atomic E-state index is 12.8. The largest absolute Gasteiger partial charge is 0.369 e. The molecule has 126 valence electrons. The molecule has 24 heavy (non-hydrogen) atoms. The van der Waals surface area contributed by atoms with Crippen LogP contribution in [0.5, 0.6) is 0 Å². The maximum atomic E-state index is 12.8. The molecule has 0 saturated carbocycles. The fraction of sp³-hybridized carbons (Fsp3) is 0.353. The van der Waals surface area contributed by atoms with Crippen LogP contribution in [0.2, 0.25) is 0 Å². The van der Waals surface area contributed by atoms with Crippen LogP contribution in [0.3, 0.4) is 0 Å². The first-order chi connectivity index (χ1) is 11.7. The third kappa shape index (κ3) is 3.51. The van der Waals surface area contributed by atoms with Crippen molar-refractivity contribution in [1.82, 2.24) is 19.9 Å². The van der Waals surface area contributed by atoms with Crippen molar-refractivity contribution >= 4 is 5.91 Å². The Labute approximate surface area is 139 Å². The van der Waals surface area contributed by atoms with E-state index in [1.165, 1.54) is 6.08 Å². The zero-order chi connectivity index (χ0) is 16.9. The minimum Gasteiger partial charge on any atom is -0.369 e. The van der Waals surface area contributed by atoms with Crippen molar-refractivity contribution in [2.75, 3.05) is 13.1 Å². The number of hydrogen-bond donors (Lipinski definition) is 0. The SMILES string of the molecule is C=CC(=O)N1C[C@@H](n2ccnn2)[C@H](OCc2cccc(CF)c2)C1. The molecular formula is C17H19FN4O2. The molecule has 7 heteroatoms. The molecule has 2 atom stereocenters. The van der Waals surface area contributed by atoms with Gasteiger partial charge in [0, 0.05) is 19.3 Å². The van der Waals surface area contributed by atoms with Gasteiger partial charge in [0.2, 0.25) is 5.91 Å². The van der Waals surface area contributed by atoms with Gasteiger partial charge in [-0.3, -0.25) is 4.79 Å². The standard InChI is InChI=1S/C17H19FN4O2/c1-2-17(23)21-10-15(22-7-6-19-20-22)16(11-21)24-12-14-5-3-4-13(8-14)9-18/h2-8,15-16H,1,9-12H2/t15-,16-/m1/s1. The van der Waals surface area contributed by atoms with E-state index in [1.807, 2.05) is 12.1 Å². The lowest BCUT2D eigenvalue weighted by atomic mass is 10.1. The average molecular weight is 330 g/mol. The van der Waals surface area contributed by atoms with E-state index in [2.05, 4.69) is 16.9 Å². The summed E-state index contributed by atoms with van der Waals surface area (Å²) in [6.45, 7) is 4.32. The molecule has 0 unspecified atom stereocenters.